The number of alkyl halides is 1. The van der Waals surface area contributed by atoms with Crippen LogP contribution in [0.5, 0.6) is 0 Å². The van der Waals surface area contributed by atoms with Gasteiger partial charge in [-0.3, -0.25) is 9.59 Å². The van der Waals surface area contributed by atoms with Crippen molar-refractivity contribution in [2.45, 2.75) is 109 Å². The standard InChI is InChI=1S/C32H45ClO9/c1-7-8-9-14-39-28(38)42-32(26(36)18-40-27(37)41-19(2)3)20(4)15-24-23-11-10-21-16-22(34)12-13-29(21,5)31(23,33)25(35)17-30(24,32)6/h12-13,16,19-20,23-25,35H,7-11,14-15,17-18H2,1-6H3/t20-,23+,24+,25?,29+,30+,31+,32+/m1/s1. The fraction of sp³-hybridized carbons (Fsp3) is 0.750. The zero-order valence-electron chi connectivity index (χ0n) is 25.6. The lowest BCUT2D eigenvalue weighted by Gasteiger charge is -2.64. The largest absolute Gasteiger partial charge is 0.509 e. The number of fused-ring (bicyclic) bond motifs is 5. The predicted octanol–water partition coefficient (Wildman–Crippen LogP) is 6.09. The number of ketones is 2. The van der Waals surface area contributed by atoms with Crippen LogP contribution in [0.3, 0.4) is 0 Å². The molecule has 0 bridgehead atoms. The summed E-state index contributed by atoms with van der Waals surface area (Å²) < 4.78 is 21.7. The van der Waals surface area contributed by atoms with Gasteiger partial charge in [-0.15, -0.1) is 11.6 Å². The molecule has 0 amide bonds. The number of halogens is 1. The van der Waals surface area contributed by atoms with Gasteiger partial charge in [-0.1, -0.05) is 52.2 Å². The van der Waals surface area contributed by atoms with E-state index in [0.717, 1.165) is 18.4 Å². The van der Waals surface area contributed by atoms with Crippen LogP contribution in [0.2, 0.25) is 0 Å². The summed E-state index contributed by atoms with van der Waals surface area (Å²) in [7, 11) is 0. The van der Waals surface area contributed by atoms with Crippen molar-refractivity contribution < 1.29 is 43.2 Å². The van der Waals surface area contributed by atoms with Crippen LogP contribution < -0.4 is 0 Å². The third-order valence-electron chi connectivity index (χ3n) is 10.5. The number of carbonyl (C=O) groups is 4. The molecule has 8 atom stereocenters. The smallest absolute Gasteiger partial charge is 0.434 e. The maximum absolute atomic E-state index is 14.2. The summed E-state index contributed by atoms with van der Waals surface area (Å²) in [5.41, 5.74) is -2.67. The number of hydrogen-bond donors (Lipinski definition) is 1. The van der Waals surface area contributed by atoms with Gasteiger partial charge in [0.15, 0.2) is 18.0 Å². The van der Waals surface area contributed by atoms with Crippen LogP contribution in [0.4, 0.5) is 9.59 Å². The Balaban J connectivity index is 1.72. The average Bonchev–Trinajstić information content (AvgIpc) is 3.12. The molecular formula is C32H45ClO9. The fourth-order valence-electron chi connectivity index (χ4n) is 8.53. The minimum atomic E-state index is -1.74. The highest BCUT2D eigenvalue weighted by Crippen LogP contribution is 2.72. The van der Waals surface area contributed by atoms with Gasteiger partial charge in [0, 0.05) is 16.7 Å². The van der Waals surface area contributed by atoms with Gasteiger partial charge in [0.1, 0.15) is 0 Å². The minimum Gasteiger partial charge on any atom is -0.434 e. The normalized spacial score (nSPS) is 38.6. The number of hydrogen-bond acceptors (Lipinski definition) is 9. The first-order valence-electron chi connectivity index (χ1n) is 15.2. The molecule has 4 rings (SSSR count). The van der Waals surface area contributed by atoms with Crippen LogP contribution in [0.25, 0.3) is 0 Å². The Kier molecular flexibility index (Phi) is 9.25. The van der Waals surface area contributed by atoms with Crippen molar-refractivity contribution in [1.82, 2.24) is 0 Å². The molecular weight excluding hydrogens is 564 g/mol. The molecule has 42 heavy (non-hydrogen) atoms. The number of aliphatic hydroxyl groups is 1. The molecule has 234 valence electrons. The molecule has 1 N–H and O–H groups in total. The van der Waals surface area contributed by atoms with Gasteiger partial charge in [-0.25, -0.2) is 9.59 Å². The van der Waals surface area contributed by atoms with Crippen molar-refractivity contribution in [1.29, 1.82) is 0 Å². The molecule has 3 saturated carbocycles. The van der Waals surface area contributed by atoms with Gasteiger partial charge in [0.2, 0.25) is 5.78 Å². The van der Waals surface area contributed by atoms with Crippen LogP contribution >= 0.6 is 11.6 Å². The molecule has 4 aliphatic carbocycles. The maximum atomic E-state index is 14.2. The number of aliphatic hydroxyl groups excluding tert-OH is 1. The van der Waals surface area contributed by atoms with E-state index in [-0.39, 0.29) is 30.6 Å². The van der Waals surface area contributed by atoms with Crippen molar-refractivity contribution in [3.8, 4) is 0 Å². The molecule has 1 unspecified atom stereocenters. The van der Waals surface area contributed by atoms with E-state index in [4.69, 9.17) is 30.5 Å². The van der Waals surface area contributed by atoms with Crippen LogP contribution in [-0.2, 0) is 28.5 Å². The van der Waals surface area contributed by atoms with Crippen molar-refractivity contribution in [2.75, 3.05) is 13.2 Å². The molecule has 0 aliphatic heterocycles. The third-order valence-corrected chi connectivity index (χ3v) is 11.4. The lowest BCUT2D eigenvalue weighted by atomic mass is 9.45. The Morgan fingerprint density at radius 3 is 2.50 bits per heavy atom. The number of carbonyl (C=O) groups excluding carboxylic acids is 4. The first-order chi connectivity index (χ1) is 19.7. The van der Waals surface area contributed by atoms with Crippen molar-refractivity contribution in [3.63, 3.8) is 0 Å². The Morgan fingerprint density at radius 1 is 1.12 bits per heavy atom. The molecule has 0 saturated heterocycles. The highest BCUT2D eigenvalue weighted by molar-refractivity contribution is 6.26. The minimum absolute atomic E-state index is 0.0535. The maximum Gasteiger partial charge on any atom is 0.509 e. The van der Waals surface area contributed by atoms with Gasteiger partial charge >= 0.3 is 12.3 Å². The summed E-state index contributed by atoms with van der Waals surface area (Å²) in [5.74, 6) is -1.67. The van der Waals surface area contributed by atoms with Gasteiger partial charge in [-0.05, 0) is 69.9 Å². The quantitative estimate of drug-likeness (QED) is 0.188. The third kappa shape index (κ3) is 5.08. The first-order valence-corrected chi connectivity index (χ1v) is 15.6. The molecule has 0 heterocycles. The van der Waals surface area contributed by atoms with Crippen LogP contribution in [0.1, 0.15) is 86.5 Å². The summed E-state index contributed by atoms with van der Waals surface area (Å²) in [6, 6.07) is 0. The number of rotatable bonds is 9. The van der Waals surface area contributed by atoms with E-state index in [2.05, 4.69) is 0 Å². The van der Waals surface area contributed by atoms with Gasteiger partial charge < -0.3 is 24.1 Å². The monoisotopic (exact) mass is 608 g/mol. The molecule has 0 aromatic heterocycles. The molecule has 0 spiro atoms. The summed E-state index contributed by atoms with van der Waals surface area (Å²) in [4.78, 5) is 50.6. The first kappa shape index (κ1) is 32.5. The van der Waals surface area contributed by atoms with E-state index in [0.29, 0.717) is 25.7 Å². The van der Waals surface area contributed by atoms with E-state index in [1.165, 1.54) is 6.08 Å². The Hall–Kier alpha value is -2.39. The topological polar surface area (TPSA) is 125 Å². The summed E-state index contributed by atoms with van der Waals surface area (Å²) in [6.07, 6.45) is 5.67. The van der Waals surface area contributed by atoms with E-state index < -0.39 is 64.1 Å². The molecule has 0 radical (unpaired) electrons. The summed E-state index contributed by atoms with van der Waals surface area (Å²) in [6.45, 7) is 10.5. The van der Waals surface area contributed by atoms with Crippen LogP contribution in [0.15, 0.2) is 23.8 Å². The second-order valence-electron chi connectivity index (χ2n) is 13.2. The van der Waals surface area contributed by atoms with E-state index >= 15 is 0 Å². The molecule has 3 fully saturated rings. The predicted molar refractivity (Wildman–Crippen MR) is 155 cm³/mol. The van der Waals surface area contributed by atoms with Crippen molar-refractivity contribution >= 4 is 35.5 Å². The second-order valence-corrected chi connectivity index (χ2v) is 13.8. The Labute approximate surface area is 253 Å². The van der Waals surface area contributed by atoms with Crippen LogP contribution in [0, 0.1) is 28.6 Å². The number of allylic oxidation sites excluding steroid dienone is 4. The highest BCUT2D eigenvalue weighted by Gasteiger charge is 2.76. The Bertz CT molecular complexity index is 1160. The molecule has 9 nitrogen and oxygen atoms in total. The van der Waals surface area contributed by atoms with E-state index in [1.54, 1.807) is 19.9 Å². The fourth-order valence-corrected chi connectivity index (χ4v) is 9.05. The SMILES string of the molecule is CCCCCOC(=O)O[C@]1(C(=O)COC(=O)OC(C)C)[C@H](C)C[C@H]2[C@@H]3CCC4=CC(=O)C=C[C@]4(C)[C@@]3(Cl)C(O)C[C@@]21C. The number of ether oxygens (including phenoxy) is 4. The van der Waals surface area contributed by atoms with Crippen LogP contribution in [-0.4, -0.2) is 64.9 Å². The molecule has 0 aromatic carbocycles. The lowest BCUT2D eigenvalue weighted by Crippen LogP contribution is -2.69. The number of unbranched alkanes of at least 4 members (excludes halogenated alkanes) is 2. The van der Waals surface area contributed by atoms with Gasteiger partial charge in [0.25, 0.3) is 0 Å². The molecule has 4 aliphatic rings. The zero-order chi connectivity index (χ0) is 31.1. The Morgan fingerprint density at radius 2 is 1.83 bits per heavy atom. The highest BCUT2D eigenvalue weighted by atomic mass is 35.5. The second kappa shape index (κ2) is 11.9. The lowest BCUT2D eigenvalue weighted by molar-refractivity contribution is -0.185. The van der Waals surface area contributed by atoms with Crippen molar-refractivity contribution in [3.05, 3.63) is 23.8 Å². The molecule has 0 aromatic rings. The molecule has 10 heteroatoms. The van der Waals surface area contributed by atoms with E-state index in [1.807, 2.05) is 33.8 Å². The van der Waals surface area contributed by atoms with Gasteiger partial charge in [0.05, 0.1) is 23.7 Å². The zero-order valence-corrected chi connectivity index (χ0v) is 26.3. The van der Waals surface area contributed by atoms with Crippen molar-refractivity contribution in [2.24, 2.45) is 28.6 Å². The average molecular weight is 609 g/mol. The van der Waals surface area contributed by atoms with E-state index in [9.17, 15) is 24.3 Å². The summed E-state index contributed by atoms with van der Waals surface area (Å²) >= 11 is 7.54. The number of Topliss-reactive ketones (excluding diaryl/α,β-unsaturated/α-hetero) is 1. The summed E-state index contributed by atoms with van der Waals surface area (Å²) in [5, 5.41) is 11.9. The van der Waals surface area contributed by atoms with Gasteiger partial charge in [-0.2, -0.15) is 0 Å².